The zero-order valence-corrected chi connectivity index (χ0v) is 10.3. The van der Waals surface area contributed by atoms with E-state index >= 15 is 0 Å². The number of piperidine rings is 1. The van der Waals surface area contributed by atoms with Crippen LogP contribution in [0.1, 0.15) is 12.8 Å². The van der Waals surface area contributed by atoms with Crippen LogP contribution in [0.2, 0.25) is 0 Å². The third-order valence-corrected chi connectivity index (χ3v) is 3.69. The molecule has 0 spiro atoms. The van der Waals surface area contributed by atoms with Gasteiger partial charge < -0.3 is 10.6 Å². The van der Waals surface area contributed by atoms with Crippen LogP contribution in [0.5, 0.6) is 0 Å². The number of thioether (sulfide) groups is 1. The van der Waals surface area contributed by atoms with Gasteiger partial charge in [0.1, 0.15) is 0 Å². The van der Waals surface area contributed by atoms with Gasteiger partial charge in [0.2, 0.25) is 0 Å². The van der Waals surface area contributed by atoms with Gasteiger partial charge in [-0.15, -0.1) is 0 Å². The van der Waals surface area contributed by atoms with Crippen molar-refractivity contribution in [3.63, 3.8) is 0 Å². The minimum atomic E-state index is -2.35. The molecule has 0 atom stereocenters. The smallest absolute Gasteiger partial charge is 0.288 e. The maximum absolute atomic E-state index is 12.2. The van der Waals surface area contributed by atoms with E-state index in [1.165, 1.54) is 0 Å². The van der Waals surface area contributed by atoms with Crippen molar-refractivity contribution in [1.29, 1.82) is 0 Å². The first kappa shape index (κ1) is 12.6. The summed E-state index contributed by atoms with van der Waals surface area (Å²) in [6, 6.07) is 7.62. The normalized spacial score (nSPS) is 17.8. The maximum Gasteiger partial charge on any atom is 0.288 e. The number of hydrogen-bond acceptors (Lipinski definition) is 3. The first-order valence-corrected chi connectivity index (χ1v) is 6.58. The molecule has 1 aliphatic heterocycles. The molecule has 1 saturated heterocycles. The van der Waals surface area contributed by atoms with Gasteiger partial charge in [-0.3, -0.25) is 0 Å². The van der Waals surface area contributed by atoms with Crippen molar-refractivity contribution >= 4 is 17.4 Å². The number of nitrogens with zero attached hydrogens (tertiary/aromatic N) is 1. The van der Waals surface area contributed by atoms with Gasteiger partial charge in [-0.2, -0.15) is 8.78 Å². The second-order valence-corrected chi connectivity index (χ2v) is 5.26. The fraction of sp³-hybridized carbons (Fsp3) is 0.500. The Labute approximate surface area is 104 Å². The molecular weight excluding hydrogens is 242 g/mol. The number of halogens is 2. The Hall–Kier alpha value is -0.810. The number of benzene rings is 1. The number of anilines is 1. The highest BCUT2D eigenvalue weighted by molar-refractivity contribution is 7.99. The quantitative estimate of drug-likeness (QED) is 0.845. The van der Waals surface area contributed by atoms with E-state index in [-0.39, 0.29) is 0 Å². The lowest BCUT2D eigenvalue weighted by Gasteiger charge is -2.32. The van der Waals surface area contributed by atoms with Gasteiger partial charge in [-0.05, 0) is 37.1 Å². The average molecular weight is 258 g/mol. The summed E-state index contributed by atoms with van der Waals surface area (Å²) < 4.78 is 24.3. The molecule has 0 bridgehead atoms. The van der Waals surface area contributed by atoms with Crippen LogP contribution in [-0.4, -0.2) is 24.9 Å². The lowest BCUT2D eigenvalue weighted by Crippen LogP contribution is -2.39. The molecule has 17 heavy (non-hydrogen) atoms. The molecule has 5 heteroatoms. The minimum Gasteiger partial charge on any atom is -0.371 e. The van der Waals surface area contributed by atoms with Crippen LogP contribution in [0.4, 0.5) is 14.5 Å². The number of nitrogens with two attached hydrogens (primary N) is 1. The molecule has 0 saturated carbocycles. The van der Waals surface area contributed by atoms with Crippen LogP contribution < -0.4 is 10.6 Å². The fourth-order valence-electron chi connectivity index (χ4n) is 2.00. The van der Waals surface area contributed by atoms with Crippen LogP contribution >= 0.6 is 11.8 Å². The molecular formula is C12H16F2N2S. The monoisotopic (exact) mass is 258 g/mol. The van der Waals surface area contributed by atoms with Gasteiger partial charge in [0.05, 0.1) is 0 Å². The molecule has 1 aromatic rings. The summed E-state index contributed by atoms with van der Waals surface area (Å²) in [5, 5.41) is 0. The Bertz CT molecular complexity index is 348. The summed E-state index contributed by atoms with van der Waals surface area (Å²) >= 11 is 0.582. The van der Waals surface area contributed by atoms with Gasteiger partial charge >= 0.3 is 0 Å². The largest absolute Gasteiger partial charge is 0.371 e. The summed E-state index contributed by atoms with van der Waals surface area (Å²) in [7, 11) is 0. The van der Waals surface area contributed by atoms with Gasteiger partial charge in [0.25, 0.3) is 5.76 Å². The fourth-order valence-corrected chi connectivity index (χ4v) is 2.50. The van der Waals surface area contributed by atoms with E-state index in [0.717, 1.165) is 31.6 Å². The molecule has 0 aliphatic carbocycles. The molecule has 2 nitrogen and oxygen atoms in total. The molecule has 0 aromatic heterocycles. The summed E-state index contributed by atoms with van der Waals surface area (Å²) in [5.41, 5.74) is 6.93. The summed E-state index contributed by atoms with van der Waals surface area (Å²) in [4.78, 5) is 2.86. The first-order valence-electron chi connectivity index (χ1n) is 5.70. The van der Waals surface area contributed by atoms with Gasteiger partial charge in [0.15, 0.2) is 0 Å². The highest BCUT2D eigenvalue weighted by Crippen LogP contribution is 2.28. The van der Waals surface area contributed by atoms with E-state index in [0.29, 0.717) is 22.7 Å². The molecule has 1 fully saturated rings. The number of hydrogen-bond donors (Lipinski definition) is 1. The molecule has 0 unspecified atom stereocenters. The van der Waals surface area contributed by atoms with E-state index in [1.54, 1.807) is 12.1 Å². The second kappa shape index (κ2) is 5.69. The molecule has 1 heterocycles. The standard InChI is InChI=1S/C12H16F2N2S/c13-12(14)17-11-3-1-10(2-4-11)16-7-5-9(15)6-8-16/h1-4,9,12H,5-8,15H2. The number of rotatable bonds is 3. The Balaban J connectivity index is 1.97. The van der Waals surface area contributed by atoms with E-state index in [2.05, 4.69) is 4.90 Å². The minimum absolute atomic E-state index is 0.305. The highest BCUT2D eigenvalue weighted by atomic mass is 32.2. The summed E-state index contributed by atoms with van der Waals surface area (Å²) in [6.45, 7) is 1.89. The van der Waals surface area contributed by atoms with Crippen LogP contribution in [0.15, 0.2) is 29.2 Å². The summed E-state index contributed by atoms with van der Waals surface area (Å²) in [6.07, 6.45) is 1.99. The maximum atomic E-state index is 12.2. The summed E-state index contributed by atoms with van der Waals surface area (Å²) in [5.74, 6) is -2.35. The van der Waals surface area contributed by atoms with Crippen molar-refractivity contribution in [2.75, 3.05) is 18.0 Å². The van der Waals surface area contributed by atoms with Crippen LogP contribution in [0.3, 0.4) is 0 Å². The Kier molecular flexibility index (Phi) is 4.23. The van der Waals surface area contributed by atoms with Crippen LogP contribution in [0.25, 0.3) is 0 Å². The van der Waals surface area contributed by atoms with Gasteiger partial charge in [-0.25, -0.2) is 0 Å². The third-order valence-electron chi connectivity index (χ3n) is 2.97. The van der Waals surface area contributed by atoms with E-state index in [4.69, 9.17) is 5.73 Å². The van der Waals surface area contributed by atoms with E-state index < -0.39 is 5.76 Å². The molecule has 2 rings (SSSR count). The molecule has 0 radical (unpaired) electrons. The van der Waals surface area contributed by atoms with E-state index in [9.17, 15) is 8.78 Å². The molecule has 0 amide bonds. The number of alkyl halides is 2. The lowest BCUT2D eigenvalue weighted by atomic mass is 10.1. The zero-order chi connectivity index (χ0) is 12.3. The van der Waals surface area contributed by atoms with Crippen molar-refractivity contribution in [3.8, 4) is 0 Å². The van der Waals surface area contributed by atoms with Crippen LogP contribution in [0, 0.1) is 0 Å². The third kappa shape index (κ3) is 3.57. The van der Waals surface area contributed by atoms with Gasteiger partial charge in [-0.1, -0.05) is 11.8 Å². The predicted octanol–water partition coefficient (Wildman–Crippen LogP) is 2.93. The Morgan fingerprint density at radius 3 is 2.29 bits per heavy atom. The molecule has 1 aromatic carbocycles. The zero-order valence-electron chi connectivity index (χ0n) is 9.48. The predicted molar refractivity (Wildman–Crippen MR) is 67.7 cm³/mol. The first-order chi connectivity index (χ1) is 8.15. The topological polar surface area (TPSA) is 29.3 Å². The van der Waals surface area contributed by atoms with Crippen molar-refractivity contribution in [2.24, 2.45) is 5.73 Å². The second-order valence-electron chi connectivity index (χ2n) is 4.20. The molecule has 94 valence electrons. The van der Waals surface area contributed by atoms with E-state index in [1.807, 2.05) is 12.1 Å². The Morgan fingerprint density at radius 2 is 1.76 bits per heavy atom. The SMILES string of the molecule is NC1CCN(c2ccc(SC(F)F)cc2)CC1. The molecule has 2 N–H and O–H groups in total. The van der Waals surface area contributed by atoms with Crippen molar-refractivity contribution in [2.45, 2.75) is 29.5 Å². The van der Waals surface area contributed by atoms with Crippen LogP contribution in [-0.2, 0) is 0 Å². The average Bonchev–Trinajstić information content (AvgIpc) is 2.30. The van der Waals surface area contributed by atoms with Gasteiger partial charge in [0, 0.05) is 29.7 Å². The lowest BCUT2D eigenvalue weighted by molar-refractivity contribution is 0.252. The molecule has 1 aliphatic rings. The Morgan fingerprint density at radius 1 is 1.18 bits per heavy atom. The van der Waals surface area contributed by atoms with Crippen molar-refractivity contribution in [3.05, 3.63) is 24.3 Å². The highest BCUT2D eigenvalue weighted by Gasteiger charge is 2.16. The van der Waals surface area contributed by atoms with Crippen molar-refractivity contribution in [1.82, 2.24) is 0 Å². The van der Waals surface area contributed by atoms with Crippen molar-refractivity contribution < 1.29 is 8.78 Å².